The molecule has 0 fully saturated rings. The fourth-order valence-corrected chi connectivity index (χ4v) is 7.54. The topological polar surface area (TPSA) is 74.2 Å². The number of hydrogen-bond donors (Lipinski definition) is 1. The largest absolute Gasteiger partial charge is 0.472 e. The van der Waals surface area contributed by atoms with Gasteiger partial charge in [-0.2, -0.15) is 0 Å². The van der Waals surface area contributed by atoms with Gasteiger partial charge in [-0.3, -0.25) is 9.05 Å². The van der Waals surface area contributed by atoms with Crippen molar-refractivity contribution in [1.29, 1.82) is 0 Å². The highest BCUT2D eigenvalue weighted by Crippen LogP contribution is 2.43. The molecule has 0 heterocycles. The highest BCUT2D eigenvalue weighted by Gasteiger charge is 2.23. The molecule has 0 aliphatic carbocycles. The number of rotatable bonds is 43. The van der Waals surface area contributed by atoms with Gasteiger partial charge in [-0.05, 0) is 12.8 Å². The first-order valence-corrected chi connectivity index (χ1v) is 24.0. The summed E-state index contributed by atoms with van der Waals surface area (Å²) in [6.45, 7) is 6.36. The summed E-state index contributed by atoms with van der Waals surface area (Å²) in [6, 6.07) is 0. The first kappa shape index (κ1) is 49.5. The first-order chi connectivity index (χ1) is 24.1. The van der Waals surface area contributed by atoms with E-state index in [0.29, 0.717) is 25.2 Å². The maximum absolute atomic E-state index is 12.1. The fourth-order valence-electron chi connectivity index (χ4n) is 6.38. The highest BCUT2D eigenvalue weighted by atomic mass is 79.9. The molecular weight excluding hydrogens is 699 g/mol. The van der Waals surface area contributed by atoms with Crippen molar-refractivity contribution in [1.82, 2.24) is 0 Å². The van der Waals surface area contributed by atoms with Crippen LogP contribution in [0.5, 0.6) is 0 Å². The average molecular weight is 784 g/mol. The number of phosphoric acid groups is 1. The third-order valence-corrected chi connectivity index (χ3v) is 10.9. The minimum Gasteiger partial charge on any atom is -0.379 e. The van der Waals surface area contributed by atoms with Crippen LogP contribution in [0.25, 0.3) is 0 Å². The summed E-state index contributed by atoms with van der Waals surface area (Å²) < 4.78 is 34.3. The molecule has 0 saturated carbocycles. The normalized spacial score (nSPS) is 13.6. The smallest absolute Gasteiger partial charge is 0.379 e. The second kappa shape index (κ2) is 41.3. The molecule has 0 amide bonds. The van der Waals surface area contributed by atoms with E-state index in [1.165, 1.54) is 186 Å². The lowest BCUT2D eigenvalue weighted by atomic mass is 10.0. The molecule has 2 atom stereocenters. The number of hydrogen-bond acceptors (Lipinski definition) is 5. The molecule has 1 N–H and O–H groups in total. The molecule has 0 spiro atoms. The number of alkyl halides is 1. The van der Waals surface area contributed by atoms with Crippen molar-refractivity contribution >= 4 is 23.8 Å². The highest BCUT2D eigenvalue weighted by molar-refractivity contribution is 9.09. The van der Waals surface area contributed by atoms with E-state index in [2.05, 4.69) is 29.8 Å². The number of phosphoric ester groups is 1. The molecule has 0 saturated heterocycles. The van der Waals surface area contributed by atoms with Gasteiger partial charge < -0.3 is 14.4 Å². The summed E-state index contributed by atoms with van der Waals surface area (Å²) in [5, 5.41) is 0.475. The van der Waals surface area contributed by atoms with Crippen LogP contribution in [-0.4, -0.2) is 49.4 Å². The molecule has 6 nitrogen and oxygen atoms in total. The van der Waals surface area contributed by atoms with Gasteiger partial charge in [0, 0.05) is 18.5 Å². The Kier molecular flexibility index (Phi) is 41.7. The molecule has 2 unspecified atom stereocenters. The van der Waals surface area contributed by atoms with E-state index >= 15 is 0 Å². The molecule has 0 aliphatic rings. The van der Waals surface area contributed by atoms with Crippen LogP contribution in [0.3, 0.4) is 0 Å². The van der Waals surface area contributed by atoms with E-state index in [-0.39, 0.29) is 19.3 Å². The number of halogens is 1. The third kappa shape index (κ3) is 41.1. The van der Waals surface area contributed by atoms with Gasteiger partial charge in [-0.25, -0.2) is 4.57 Å². The molecule has 49 heavy (non-hydrogen) atoms. The van der Waals surface area contributed by atoms with Crippen LogP contribution in [0, 0.1) is 0 Å². The number of unbranched alkanes of at least 4 members (excludes halogenated alkanes) is 30. The van der Waals surface area contributed by atoms with Crippen LogP contribution in [0.4, 0.5) is 0 Å². The van der Waals surface area contributed by atoms with Crippen molar-refractivity contribution in [3.05, 3.63) is 0 Å². The summed E-state index contributed by atoms with van der Waals surface area (Å²) >= 11 is 3.21. The maximum atomic E-state index is 12.1. The molecule has 0 rings (SSSR count). The summed E-state index contributed by atoms with van der Waals surface area (Å²) in [6.07, 6.45) is 42.7. The number of ether oxygens (including phenoxy) is 2. The van der Waals surface area contributed by atoms with E-state index in [1.54, 1.807) is 0 Å². The standard InChI is InChI=1S/C41H84BrO6P/c1-3-5-7-9-11-13-15-17-19-21-23-25-27-29-31-33-36-45-39-41(40-48-49(43,44)47-38-35-42)46-37-34-32-30-28-26-24-22-20-18-16-14-12-10-8-6-4-2/h41H,3-40H2,1-2H3,(H,43,44). The van der Waals surface area contributed by atoms with Gasteiger partial charge in [0.05, 0.1) is 19.8 Å². The predicted molar refractivity (Wildman–Crippen MR) is 215 cm³/mol. The van der Waals surface area contributed by atoms with Crippen molar-refractivity contribution in [3.63, 3.8) is 0 Å². The van der Waals surface area contributed by atoms with Gasteiger partial charge in [-0.1, -0.05) is 222 Å². The average Bonchev–Trinajstić information content (AvgIpc) is 3.10. The Morgan fingerprint density at radius 3 is 1.12 bits per heavy atom. The molecule has 0 radical (unpaired) electrons. The van der Waals surface area contributed by atoms with Crippen LogP contribution < -0.4 is 0 Å². The molecule has 8 heteroatoms. The van der Waals surface area contributed by atoms with Crippen LogP contribution in [0.2, 0.25) is 0 Å². The predicted octanol–water partition coefficient (Wildman–Crippen LogP) is 14.4. The Bertz CT molecular complexity index is 670. The Labute approximate surface area is 314 Å². The van der Waals surface area contributed by atoms with E-state index in [9.17, 15) is 9.46 Å². The summed E-state index contributed by atoms with van der Waals surface area (Å²) in [5.74, 6) is 0. The van der Waals surface area contributed by atoms with E-state index < -0.39 is 7.82 Å². The van der Waals surface area contributed by atoms with Crippen LogP contribution in [0.1, 0.15) is 219 Å². The van der Waals surface area contributed by atoms with Gasteiger partial charge in [0.15, 0.2) is 0 Å². The molecule has 0 aromatic heterocycles. The van der Waals surface area contributed by atoms with Gasteiger partial charge in [0.2, 0.25) is 0 Å². The van der Waals surface area contributed by atoms with Gasteiger partial charge >= 0.3 is 7.82 Å². The Hall–Kier alpha value is 0.510. The van der Waals surface area contributed by atoms with Crippen molar-refractivity contribution in [2.75, 3.05) is 38.4 Å². The molecule has 0 bridgehead atoms. The second-order valence-electron chi connectivity index (χ2n) is 14.5. The quantitative estimate of drug-likeness (QED) is 0.0377. The first-order valence-electron chi connectivity index (χ1n) is 21.4. The van der Waals surface area contributed by atoms with Gasteiger partial charge in [-0.15, -0.1) is 0 Å². The van der Waals surface area contributed by atoms with Crippen LogP contribution in [-0.2, 0) is 23.1 Å². The van der Waals surface area contributed by atoms with Crippen molar-refractivity contribution in [3.8, 4) is 0 Å². The Balaban J connectivity index is 3.84. The Morgan fingerprint density at radius 2 is 0.776 bits per heavy atom. The lowest BCUT2D eigenvalue weighted by molar-refractivity contribution is -0.0442. The zero-order valence-corrected chi connectivity index (χ0v) is 35.2. The van der Waals surface area contributed by atoms with Gasteiger partial charge in [0.25, 0.3) is 0 Å². The second-order valence-corrected chi connectivity index (χ2v) is 16.7. The fraction of sp³-hybridized carbons (Fsp3) is 1.00. The van der Waals surface area contributed by atoms with Gasteiger partial charge in [0.1, 0.15) is 6.10 Å². The van der Waals surface area contributed by atoms with Crippen molar-refractivity contribution < 1.29 is 28.0 Å². The van der Waals surface area contributed by atoms with E-state index in [1.807, 2.05) is 0 Å². The summed E-state index contributed by atoms with van der Waals surface area (Å²) in [5.41, 5.74) is 0. The van der Waals surface area contributed by atoms with E-state index in [0.717, 1.165) is 19.3 Å². The van der Waals surface area contributed by atoms with Crippen molar-refractivity contribution in [2.24, 2.45) is 0 Å². The summed E-state index contributed by atoms with van der Waals surface area (Å²) in [4.78, 5) is 9.94. The van der Waals surface area contributed by atoms with Crippen LogP contribution >= 0.6 is 23.8 Å². The van der Waals surface area contributed by atoms with E-state index in [4.69, 9.17) is 18.5 Å². The zero-order chi connectivity index (χ0) is 35.8. The molecule has 0 aromatic carbocycles. The maximum Gasteiger partial charge on any atom is 0.472 e. The minimum absolute atomic E-state index is 0.00607. The lowest BCUT2D eigenvalue weighted by Crippen LogP contribution is -2.26. The third-order valence-electron chi connectivity index (χ3n) is 9.55. The molecular formula is C41H84BrO6P. The molecule has 0 aromatic rings. The molecule has 296 valence electrons. The summed E-state index contributed by atoms with van der Waals surface area (Å²) in [7, 11) is -4.08. The monoisotopic (exact) mass is 783 g/mol. The zero-order valence-electron chi connectivity index (χ0n) is 32.8. The lowest BCUT2D eigenvalue weighted by Gasteiger charge is -2.20. The van der Waals surface area contributed by atoms with Crippen molar-refractivity contribution in [2.45, 2.75) is 225 Å². The Morgan fingerprint density at radius 1 is 0.449 bits per heavy atom. The minimum atomic E-state index is -4.08. The molecule has 0 aliphatic heterocycles. The SMILES string of the molecule is CCCCCCCCCCCCCCCCCCOCC(COP(=O)(O)OCCBr)OCCCCCCCCCCCCCCCCCC. The van der Waals surface area contributed by atoms with Crippen LogP contribution in [0.15, 0.2) is 0 Å².